The third-order valence-corrected chi connectivity index (χ3v) is 9.49. The van der Waals surface area contributed by atoms with Gasteiger partial charge in [-0.1, -0.05) is 38.4 Å². The fourth-order valence-corrected chi connectivity index (χ4v) is 3.83. The number of hydrogen-bond donors (Lipinski definition) is 0. The molecule has 6 heteroatoms. The van der Waals surface area contributed by atoms with Crippen LogP contribution in [-0.2, 0) is 13.9 Å². The lowest BCUT2D eigenvalue weighted by Crippen LogP contribution is -2.50. The van der Waals surface area contributed by atoms with Crippen LogP contribution in [0.15, 0.2) is 24.3 Å². The van der Waals surface area contributed by atoms with E-state index in [-0.39, 0.29) is 11.1 Å². The zero-order valence-corrected chi connectivity index (χ0v) is 16.9. The first-order valence-electron chi connectivity index (χ1n) is 8.36. The molecule has 0 bridgehead atoms. The van der Waals surface area contributed by atoms with Crippen molar-refractivity contribution >= 4 is 25.9 Å². The van der Waals surface area contributed by atoms with Gasteiger partial charge in [0.05, 0.1) is 12.2 Å². The molecule has 1 aliphatic heterocycles. The molecule has 0 radical (unpaired) electrons. The summed E-state index contributed by atoms with van der Waals surface area (Å²) < 4.78 is 17.7. The summed E-state index contributed by atoms with van der Waals surface area (Å²) in [6.07, 6.45) is 0.854. The van der Waals surface area contributed by atoms with Gasteiger partial charge in [-0.25, -0.2) is 4.79 Å². The van der Waals surface area contributed by atoms with Crippen LogP contribution in [-0.4, -0.2) is 33.3 Å². The van der Waals surface area contributed by atoms with Gasteiger partial charge in [0, 0.05) is 5.02 Å². The summed E-state index contributed by atoms with van der Waals surface area (Å²) in [6, 6.07) is 6.72. The average Bonchev–Trinajstić information content (AvgIpc) is 2.48. The number of rotatable bonds is 4. The highest BCUT2D eigenvalue weighted by atomic mass is 35.5. The Bertz CT molecular complexity index is 583. The van der Waals surface area contributed by atoms with Gasteiger partial charge in [-0.3, -0.25) is 0 Å². The molecule has 0 aromatic heterocycles. The van der Waals surface area contributed by atoms with Gasteiger partial charge in [-0.05, 0) is 49.2 Å². The number of carbonyl (C=O) groups is 1. The third-order valence-electron chi connectivity index (χ3n) is 4.75. The Labute approximate surface area is 150 Å². The highest BCUT2D eigenvalue weighted by Gasteiger charge is 2.42. The molecule has 2 atom stereocenters. The molecule has 4 nitrogen and oxygen atoms in total. The smallest absolute Gasteiger partial charge is 0.340 e. The van der Waals surface area contributed by atoms with Crippen LogP contribution in [0.1, 0.15) is 44.0 Å². The van der Waals surface area contributed by atoms with Crippen LogP contribution in [0, 0.1) is 0 Å². The van der Waals surface area contributed by atoms with Gasteiger partial charge in [-0.15, -0.1) is 0 Å². The molecule has 1 saturated heterocycles. The van der Waals surface area contributed by atoms with Crippen LogP contribution in [0.2, 0.25) is 23.2 Å². The monoisotopic (exact) mass is 370 g/mol. The molecule has 134 valence electrons. The fraction of sp³-hybridized carbons (Fsp3) is 0.611. The van der Waals surface area contributed by atoms with Crippen molar-refractivity contribution in [3.8, 4) is 0 Å². The van der Waals surface area contributed by atoms with Crippen molar-refractivity contribution in [3.63, 3.8) is 0 Å². The standard InChI is InChI=1S/C18H27ClO4Si/c1-18(2,3)24(4,5)23-15-10-7-11-21-17(15)22-16(20)13-8-6-9-14(19)12-13/h6,8-9,12,15,17H,7,10-11H2,1-5H3. The Morgan fingerprint density at radius 1 is 1.33 bits per heavy atom. The maximum Gasteiger partial charge on any atom is 0.340 e. The van der Waals surface area contributed by atoms with Crippen LogP contribution in [0.3, 0.4) is 0 Å². The van der Waals surface area contributed by atoms with E-state index < -0.39 is 20.6 Å². The van der Waals surface area contributed by atoms with Crippen molar-refractivity contribution in [2.24, 2.45) is 0 Å². The van der Waals surface area contributed by atoms with Gasteiger partial charge in [0.15, 0.2) is 8.32 Å². The average molecular weight is 371 g/mol. The molecule has 0 aliphatic carbocycles. The molecule has 0 N–H and O–H groups in total. The Morgan fingerprint density at radius 2 is 2.04 bits per heavy atom. The molecule has 24 heavy (non-hydrogen) atoms. The van der Waals surface area contributed by atoms with Crippen molar-refractivity contribution in [2.75, 3.05) is 6.61 Å². The normalized spacial score (nSPS) is 22.2. The molecule has 2 rings (SSSR count). The maximum atomic E-state index is 12.4. The van der Waals surface area contributed by atoms with Gasteiger partial charge in [0.2, 0.25) is 6.29 Å². The molecule has 2 unspecified atom stereocenters. The molecule has 1 aliphatic rings. The van der Waals surface area contributed by atoms with Crippen molar-refractivity contribution in [3.05, 3.63) is 34.9 Å². The summed E-state index contributed by atoms with van der Waals surface area (Å²) in [5.74, 6) is -0.437. The van der Waals surface area contributed by atoms with Crippen LogP contribution in [0.4, 0.5) is 0 Å². The van der Waals surface area contributed by atoms with E-state index in [4.69, 9.17) is 25.5 Å². The molecular weight excluding hydrogens is 344 g/mol. The number of halogens is 1. The Kier molecular flexibility index (Phi) is 6.12. The van der Waals surface area contributed by atoms with Crippen molar-refractivity contribution < 1.29 is 18.7 Å². The molecule has 1 fully saturated rings. The maximum absolute atomic E-state index is 12.4. The summed E-state index contributed by atoms with van der Waals surface area (Å²) >= 11 is 5.94. The minimum atomic E-state index is -1.97. The molecular formula is C18H27ClO4Si. The van der Waals surface area contributed by atoms with Gasteiger partial charge in [0.25, 0.3) is 0 Å². The van der Waals surface area contributed by atoms with Crippen molar-refractivity contribution in [1.29, 1.82) is 0 Å². The van der Waals surface area contributed by atoms with E-state index in [1.807, 2.05) is 0 Å². The largest absolute Gasteiger partial charge is 0.429 e. The zero-order valence-electron chi connectivity index (χ0n) is 15.1. The summed E-state index contributed by atoms with van der Waals surface area (Å²) in [5, 5.41) is 0.592. The lowest BCUT2D eigenvalue weighted by molar-refractivity contribution is -0.182. The van der Waals surface area contributed by atoms with Crippen LogP contribution < -0.4 is 0 Å². The summed E-state index contributed by atoms with van der Waals surface area (Å²) in [4.78, 5) is 12.4. The first kappa shape index (κ1) is 19.4. The predicted molar refractivity (Wildman–Crippen MR) is 97.9 cm³/mol. The second kappa shape index (κ2) is 7.56. The van der Waals surface area contributed by atoms with Crippen LogP contribution >= 0.6 is 11.6 Å². The molecule has 1 aromatic rings. The summed E-state index contributed by atoms with van der Waals surface area (Å²) in [7, 11) is -1.97. The SMILES string of the molecule is CC(C)(C)[Si](C)(C)OC1CCCOC1OC(=O)c1cccc(Cl)c1. The highest BCUT2D eigenvalue weighted by Crippen LogP contribution is 2.39. The highest BCUT2D eigenvalue weighted by molar-refractivity contribution is 6.74. The minimum absolute atomic E-state index is 0.0892. The number of carbonyl (C=O) groups excluding carboxylic acids is 1. The molecule has 0 amide bonds. The van der Waals surface area contributed by atoms with E-state index >= 15 is 0 Å². The van der Waals surface area contributed by atoms with E-state index in [1.54, 1.807) is 24.3 Å². The summed E-state index contributed by atoms with van der Waals surface area (Å²) in [6.45, 7) is 11.5. The first-order valence-corrected chi connectivity index (χ1v) is 11.6. The van der Waals surface area contributed by atoms with Gasteiger partial charge >= 0.3 is 5.97 Å². The van der Waals surface area contributed by atoms with Gasteiger partial charge in [0.1, 0.15) is 6.10 Å². The molecule has 1 aromatic carbocycles. The predicted octanol–water partition coefficient (Wildman–Crippen LogP) is 5.02. The molecule has 0 saturated carbocycles. The Hall–Kier alpha value is -0.883. The Morgan fingerprint density at radius 3 is 2.67 bits per heavy atom. The van der Waals surface area contributed by atoms with E-state index in [1.165, 1.54) is 0 Å². The lowest BCUT2D eigenvalue weighted by Gasteiger charge is -2.42. The van der Waals surface area contributed by atoms with Crippen molar-refractivity contribution in [2.45, 2.75) is 64.1 Å². The third kappa shape index (κ3) is 4.82. The fourth-order valence-electron chi connectivity index (χ4n) is 2.30. The van der Waals surface area contributed by atoms with E-state index in [9.17, 15) is 4.79 Å². The van der Waals surface area contributed by atoms with E-state index in [2.05, 4.69) is 33.9 Å². The minimum Gasteiger partial charge on any atom is -0.429 e. The second-order valence-corrected chi connectivity index (χ2v) is 12.9. The second-order valence-electron chi connectivity index (χ2n) is 7.71. The van der Waals surface area contributed by atoms with E-state index in [0.717, 1.165) is 12.8 Å². The molecule has 0 spiro atoms. The zero-order chi connectivity index (χ0) is 18.0. The van der Waals surface area contributed by atoms with Crippen LogP contribution in [0.25, 0.3) is 0 Å². The first-order chi connectivity index (χ1) is 11.1. The Balaban J connectivity index is 2.08. The van der Waals surface area contributed by atoms with Crippen molar-refractivity contribution in [1.82, 2.24) is 0 Å². The topological polar surface area (TPSA) is 44.8 Å². The van der Waals surface area contributed by atoms with Crippen LogP contribution in [0.5, 0.6) is 0 Å². The lowest BCUT2D eigenvalue weighted by atomic mass is 10.1. The van der Waals surface area contributed by atoms with Gasteiger partial charge in [-0.2, -0.15) is 0 Å². The van der Waals surface area contributed by atoms with Gasteiger partial charge < -0.3 is 13.9 Å². The number of esters is 1. The quantitative estimate of drug-likeness (QED) is 0.551. The number of hydrogen-bond acceptors (Lipinski definition) is 4. The summed E-state index contributed by atoms with van der Waals surface area (Å²) in [5.41, 5.74) is 0.419. The number of benzene rings is 1. The van der Waals surface area contributed by atoms with E-state index in [0.29, 0.717) is 17.2 Å². The number of ether oxygens (including phenoxy) is 2. The molecule has 1 heterocycles.